The molecule has 0 unspecified atom stereocenters. The van der Waals surface area contributed by atoms with E-state index in [9.17, 15) is 0 Å². The Labute approximate surface area is 122 Å². The van der Waals surface area contributed by atoms with E-state index in [1.807, 2.05) is 24.4 Å². The fourth-order valence-corrected chi connectivity index (χ4v) is 1.69. The average Bonchev–Trinajstić information content (AvgIpc) is 2.41. The number of guanidine groups is 1. The Hall–Kier alpha value is -1.62. The number of hydrogen-bond acceptors (Lipinski definition) is 3. The van der Waals surface area contributed by atoms with E-state index in [0.29, 0.717) is 0 Å². The van der Waals surface area contributed by atoms with Crippen molar-refractivity contribution < 1.29 is 0 Å². The van der Waals surface area contributed by atoms with Crippen LogP contribution in [0, 0.1) is 0 Å². The van der Waals surface area contributed by atoms with Crippen molar-refractivity contribution in [1.82, 2.24) is 20.9 Å². The lowest BCUT2D eigenvalue weighted by atomic mass is 10.1. The maximum Gasteiger partial charge on any atom is 0.191 e. The number of hydrogen-bond donors (Lipinski definition) is 3. The minimum absolute atomic E-state index is 0.150. The third kappa shape index (κ3) is 7.74. The summed E-state index contributed by atoms with van der Waals surface area (Å²) in [6, 6.07) is 5.97. The molecule has 0 atom stereocenters. The Morgan fingerprint density at radius 2 is 1.90 bits per heavy atom. The highest BCUT2D eigenvalue weighted by molar-refractivity contribution is 5.79. The molecule has 1 heterocycles. The maximum absolute atomic E-state index is 4.29. The quantitative estimate of drug-likeness (QED) is 0.415. The Morgan fingerprint density at radius 3 is 2.50 bits per heavy atom. The molecular weight excluding hydrogens is 250 g/mol. The second kappa shape index (κ2) is 8.53. The minimum Gasteiger partial charge on any atom is -0.356 e. The topological polar surface area (TPSA) is 61.3 Å². The van der Waals surface area contributed by atoms with Gasteiger partial charge in [-0.3, -0.25) is 9.98 Å². The fourth-order valence-electron chi connectivity index (χ4n) is 1.69. The summed E-state index contributed by atoms with van der Waals surface area (Å²) < 4.78 is 0. The van der Waals surface area contributed by atoms with Crippen molar-refractivity contribution in [3.63, 3.8) is 0 Å². The molecule has 0 aliphatic rings. The number of aromatic nitrogens is 1. The number of nitrogens with zero attached hydrogens (tertiary/aromatic N) is 2. The smallest absolute Gasteiger partial charge is 0.191 e. The van der Waals surface area contributed by atoms with Crippen LogP contribution in [0.3, 0.4) is 0 Å². The van der Waals surface area contributed by atoms with Crippen molar-refractivity contribution in [3.8, 4) is 0 Å². The summed E-state index contributed by atoms with van der Waals surface area (Å²) >= 11 is 0. The van der Waals surface area contributed by atoms with Gasteiger partial charge in [-0.25, -0.2) is 0 Å². The van der Waals surface area contributed by atoms with Gasteiger partial charge in [-0.15, -0.1) is 0 Å². The molecule has 3 N–H and O–H groups in total. The molecule has 1 aromatic heterocycles. The summed E-state index contributed by atoms with van der Waals surface area (Å²) in [4.78, 5) is 8.49. The molecule has 1 aromatic rings. The second-order valence-corrected chi connectivity index (χ2v) is 5.67. The van der Waals surface area contributed by atoms with Crippen molar-refractivity contribution in [3.05, 3.63) is 30.1 Å². The van der Waals surface area contributed by atoms with Gasteiger partial charge >= 0.3 is 0 Å². The molecule has 0 saturated heterocycles. The van der Waals surface area contributed by atoms with E-state index < -0.39 is 0 Å². The van der Waals surface area contributed by atoms with Crippen LogP contribution >= 0.6 is 0 Å². The molecule has 5 nitrogen and oxygen atoms in total. The predicted octanol–water partition coefficient (Wildman–Crippen LogP) is 1.18. The SMILES string of the molecule is CN=C(NCCNC(C)(C)C)NCCc1ccccn1. The molecule has 112 valence electrons. The molecule has 0 bridgehead atoms. The largest absolute Gasteiger partial charge is 0.356 e. The average molecular weight is 277 g/mol. The van der Waals surface area contributed by atoms with Crippen LogP contribution in [-0.4, -0.2) is 43.2 Å². The van der Waals surface area contributed by atoms with E-state index in [4.69, 9.17) is 0 Å². The van der Waals surface area contributed by atoms with Crippen molar-refractivity contribution in [2.75, 3.05) is 26.7 Å². The molecule has 0 spiro atoms. The first-order chi connectivity index (χ1) is 9.51. The molecule has 1 rings (SSSR count). The van der Waals surface area contributed by atoms with E-state index in [0.717, 1.165) is 37.7 Å². The lowest BCUT2D eigenvalue weighted by Crippen LogP contribution is -2.44. The summed E-state index contributed by atoms with van der Waals surface area (Å²) in [6.45, 7) is 9.06. The van der Waals surface area contributed by atoms with Crippen LogP contribution in [0.4, 0.5) is 0 Å². The molecule has 0 fully saturated rings. The third-order valence-corrected chi connectivity index (χ3v) is 2.70. The van der Waals surface area contributed by atoms with Crippen molar-refractivity contribution in [2.45, 2.75) is 32.7 Å². The Bertz CT molecular complexity index is 394. The first-order valence-electron chi connectivity index (χ1n) is 7.11. The lowest BCUT2D eigenvalue weighted by molar-refractivity contribution is 0.428. The fraction of sp³-hybridized carbons (Fsp3) is 0.600. The number of nitrogens with one attached hydrogen (secondary N) is 3. The van der Waals surface area contributed by atoms with Gasteiger partial charge in [0.25, 0.3) is 0 Å². The Morgan fingerprint density at radius 1 is 1.15 bits per heavy atom. The van der Waals surface area contributed by atoms with Crippen LogP contribution < -0.4 is 16.0 Å². The standard InChI is InChI=1S/C15H27N5/c1-15(2,3)20-12-11-19-14(16-4)18-10-8-13-7-5-6-9-17-13/h5-7,9,20H,8,10-12H2,1-4H3,(H2,16,18,19). The number of pyridine rings is 1. The zero-order chi connectivity index (χ0) is 14.8. The van der Waals surface area contributed by atoms with Crippen LogP contribution in [0.25, 0.3) is 0 Å². The van der Waals surface area contributed by atoms with Crippen molar-refractivity contribution in [1.29, 1.82) is 0 Å². The first kappa shape index (κ1) is 16.4. The van der Waals surface area contributed by atoms with Gasteiger partial charge in [-0.1, -0.05) is 6.07 Å². The highest BCUT2D eigenvalue weighted by atomic mass is 15.2. The molecule has 0 amide bonds. The van der Waals surface area contributed by atoms with Gasteiger partial charge in [0, 0.05) is 50.5 Å². The van der Waals surface area contributed by atoms with Gasteiger partial charge in [0.05, 0.1) is 0 Å². The molecule has 0 aliphatic heterocycles. The van der Waals surface area contributed by atoms with Crippen LogP contribution in [0.15, 0.2) is 29.4 Å². The van der Waals surface area contributed by atoms with Crippen molar-refractivity contribution in [2.24, 2.45) is 4.99 Å². The zero-order valence-corrected chi connectivity index (χ0v) is 13.0. The van der Waals surface area contributed by atoms with Crippen LogP contribution in [0.5, 0.6) is 0 Å². The van der Waals surface area contributed by atoms with Gasteiger partial charge in [0.15, 0.2) is 5.96 Å². The summed E-state index contributed by atoms with van der Waals surface area (Å²) in [5.74, 6) is 0.830. The third-order valence-electron chi connectivity index (χ3n) is 2.70. The van der Waals surface area contributed by atoms with Crippen LogP contribution in [-0.2, 0) is 6.42 Å². The van der Waals surface area contributed by atoms with E-state index in [-0.39, 0.29) is 5.54 Å². The van der Waals surface area contributed by atoms with E-state index in [2.05, 4.69) is 46.7 Å². The molecule has 0 aliphatic carbocycles. The van der Waals surface area contributed by atoms with Crippen LogP contribution in [0.1, 0.15) is 26.5 Å². The molecule has 0 aromatic carbocycles. The monoisotopic (exact) mass is 277 g/mol. The summed E-state index contributed by atoms with van der Waals surface area (Å²) in [7, 11) is 1.79. The lowest BCUT2D eigenvalue weighted by Gasteiger charge is -2.21. The van der Waals surface area contributed by atoms with Crippen LogP contribution in [0.2, 0.25) is 0 Å². The van der Waals surface area contributed by atoms with Gasteiger partial charge < -0.3 is 16.0 Å². The Balaban J connectivity index is 2.17. The highest BCUT2D eigenvalue weighted by Crippen LogP contribution is 1.96. The molecule has 0 saturated carbocycles. The highest BCUT2D eigenvalue weighted by Gasteiger charge is 2.07. The summed E-state index contributed by atoms with van der Waals surface area (Å²) in [6.07, 6.45) is 2.71. The summed E-state index contributed by atoms with van der Waals surface area (Å²) in [5, 5.41) is 10.00. The molecule has 5 heteroatoms. The van der Waals surface area contributed by atoms with Gasteiger partial charge in [0.2, 0.25) is 0 Å². The number of aliphatic imine (C=N–C) groups is 1. The molecule has 0 radical (unpaired) electrons. The number of rotatable bonds is 6. The molecule has 20 heavy (non-hydrogen) atoms. The maximum atomic E-state index is 4.29. The van der Waals surface area contributed by atoms with Gasteiger partial charge in [-0.2, -0.15) is 0 Å². The van der Waals surface area contributed by atoms with Gasteiger partial charge in [-0.05, 0) is 32.9 Å². The van der Waals surface area contributed by atoms with Crippen molar-refractivity contribution >= 4 is 5.96 Å². The van der Waals surface area contributed by atoms with Gasteiger partial charge in [0.1, 0.15) is 0 Å². The van der Waals surface area contributed by atoms with E-state index in [1.165, 1.54) is 0 Å². The second-order valence-electron chi connectivity index (χ2n) is 5.67. The molecular formula is C15H27N5. The Kier molecular flexibility index (Phi) is 7.01. The van der Waals surface area contributed by atoms with E-state index in [1.54, 1.807) is 7.05 Å². The normalized spacial score (nSPS) is 12.3. The summed E-state index contributed by atoms with van der Waals surface area (Å²) in [5.41, 5.74) is 1.24. The minimum atomic E-state index is 0.150. The zero-order valence-electron chi connectivity index (χ0n) is 13.0. The predicted molar refractivity (Wildman–Crippen MR) is 85.1 cm³/mol. The first-order valence-corrected chi connectivity index (χ1v) is 7.11. The van der Waals surface area contributed by atoms with E-state index >= 15 is 0 Å².